The zero-order chi connectivity index (χ0) is 11.1. The van der Waals surface area contributed by atoms with Crippen LogP contribution in [0.3, 0.4) is 0 Å². The van der Waals surface area contributed by atoms with E-state index in [4.69, 9.17) is 10.5 Å². The maximum atomic E-state index is 9.32. The Morgan fingerprint density at radius 2 is 2.00 bits per heavy atom. The van der Waals surface area contributed by atoms with Crippen molar-refractivity contribution in [3.05, 3.63) is 29.8 Å². The summed E-state index contributed by atoms with van der Waals surface area (Å²) in [6.45, 7) is 2.94. The van der Waals surface area contributed by atoms with E-state index in [-0.39, 0.29) is 6.10 Å². The van der Waals surface area contributed by atoms with Crippen LogP contribution in [0.5, 0.6) is 5.75 Å². The lowest BCUT2D eigenvalue weighted by atomic mass is 10.1. The van der Waals surface area contributed by atoms with Crippen molar-refractivity contribution >= 4 is 0 Å². The van der Waals surface area contributed by atoms with Gasteiger partial charge in [-0.1, -0.05) is 19.1 Å². The molecular formula is C12H19NO2. The number of aliphatic hydroxyl groups is 1. The molecule has 0 aliphatic heterocycles. The van der Waals surface area contributed by atoms with Gasteiger partial charge in [0.15, 0.2) is 0 Å². The van der Waals surface area contributed by atoms with E-state index in [0.29, 0.717) is 19.6 Å². The molecule has 0 bridgehead atoms. The van der Waals surface area contributed by atoms with Gasteiger partial charge >= 0.3 is 0 Å². The fourth-order valence-electron chi connectivity index (χ4n) is 1.23. The fraction of sp³-hybridized carbons (Fsp3) is 0.500. The van der Waals surface area contributed by atoms with Gasteiger partial charge in [-0.2, -0.15) is 0 Å². The van der Waals surface area contributed by atoms with Crippen LogP contribution in [-0.4, -0.2) is 24.4 Å². The largest absolute Gasteiger partial charge is 0.491 e. The summed E-state index contributed by atoms with van der Waals surface area (Å²) in [6, 6.07) is 7.82. The summed E-state index contributed by atoms with van der Waals surface area (Å²) in [5, 5.41) is 9.32. The number of ether oxygens (including phenoxy) is 1. The van der Waals surface area contributed by atoms with Gasteiger partial charge in [0, 0.05) is 0 Å². The number of aliphatic hydroxyl groups excluding tert-OH is 1. The zero-order valence-corrected chi connectivity index (χ0v) is 9.15. The Morgan fingerprint density at radius 3 is 2.53 bits per heavy atom. The van der Waals surface area contributed by atoms with Gasteiger partial charge in [-0.05, 0) is 37.1 Å². The van der Waals surface area contributed by atoms with E-state index in [1.54, 1.807) is 0 Å². The van der Waals surface area contributed by atoms with Crippen molar-refractivity contribution in [3.63, 3.8) is 0 Å². The molecule has 0 heterocycles. The van der Waals surface area contributed by atoms with E-state index >= 15 is 0 Å². The Balaban J connectivity index is 2.42. The number of benzene rings is 1. The summed E-state index contributed by atoms with van der Waals surface area (Å²) < 4.78 is 5.41. The maximum Gasteiger partial charge on any atom is 0.119 e. The molecule has 1 rings (SSSR count). The molecule has 3 N–H and O–H groups in total. The molecule has 0 aliphatic carbocycles. The Labute approximate surface area is 90.9 Å². The van der Waals surface area contributed by atoms with Gasteiger partial charge in [0.05, 0.1) is 6.10 Å². The van der Waals surface area contributed by atoms with Gasteiger partial charge in [-0.15, -0.1) is 0 Å². The molecule has 0 spiro atoms. The lowest BCUT2D eigenvalue weighted by molar-refractivity contribution is 0.104. The predicted octanol–water partition coefficient (Wildman–Crippen LogP) is 1.34. The Hall–Kier alpha value is -1.06. The molecule has 1 unspecified atom stereocenters. The van der Waals surface area contributed by atoms with Crippen LogP contribution in [0.2, 0.25) is 0 Å². The van der Waals surface area contributed by atoms with E-state index in [9.17, 15) is 5.11 Å². The second-order valence-electron chi connectivity index (χ2n) is 3.56. The van der Waals surface area contributed by atoms with Crippen LogP contribution < -0.4 is 10.5 Å². The van der Waals surface area contributed by atoms with Gasteiger partial charge in [0.2, 0.25) is 0 Å². The molecule has 1 atom stereocenters. The van der Waals surface area contributed by atoms with E-state index in [1.165, 1.54) is 5.56 Å². The molecule has 3 heteroatoms. The van der Waals surface area contributed by atoms with Crippen LogP contribution in [0, 0.1) is 0 Å². The van der Waals surface area contributed by atoms with Gasteiger partial charge in [0.1, 0.15) is 12.4 Å². The van der Waals surface area contributed by atoms with Crippen LogP contribution >= 0.6 is 0 Å². The molecule has 0 aliphatic rings. The highest BCUT2D eigenvalue weighted by atomic mass is 16.5. The summed E-state index contributed by atoms with van der Waals surface area (Å²) in [6.07, 6.45) is 1.22. The number of rotatable bonds is 6. The van der Waals surface area contributed by atoms with Gasteiger partial charge in [0.25, 0.3) is 0 Å². The SMILES string of the molecule is CCC(O)COc1ccc(CCN)cc1. The highest BCUT2D eigenvalue weighted by Crippen LogP contribution is 2.12. The second kappa shape index (κ2) is 6.43. The first-order valence-electron chi connectivity index (χ1n) is 5.36. The average Bonchev–Trinajstić information content (AvgIpc) is 2.28. The average molecular weight is 209 g/mol. The minimum absolute atomic E-state index is 0.354. The maximum absolute atomic E-state index is 9.32. The fourth-order valence-corrected chi connectivity index (χ4v) is 1.23. The lowest BCUT2D eigenvalue weighted by Crippen LogP contribution is -2.15. The van der Waals surface area contributed by atoms with Crippen LogP contribution in [0.15, 0.2) is 24.3 Å². The number of hydrogen-bond donors (Lipinski definition) is 2. The number of nitrogens with two attached hydrogens (primary N) is 1. The summed E-state index contributed by atoms with van der Waals surface area (Å²) in [5.41, 5.74) is 6.66. The van der Waals surface area contributed by atoms with Gasteiger partial charge in [-0.25, -0.2) is 0 Å². The minimum atomic E-state index is -0.381. The molecule has 0 saturated carbocycles. The summed E-state index contributed by atoms with van der Waals surface area (Å²) in [4.78, 5) is 0. The first-order valence-corrected chi connectivity index (χ1v) is 5.36. The van der Waals surface area contributed by atoms with Gasteiger partial charge in [-0.3, -0.25) is 0 Å². The normalized spacial score (nSPS) is 12.5. The Kier molecular flexibility index (Phi) is 5.15. The molecule has 1 aromatic rings. The van der Waals surface area contributed by atoms with E-state index < -0.39 is 0 Å². The molecule has 0 saturated heterocycles. The minimum Gasteiger partial charge on any atom is -0.491 e. The van der Waals surface area contributed by atoms with Crippen LogP contribution in [0.1, 0.15) is 18.9 Å². The number of hydrogen-bond acceptors (Lipinski definition) is 3. The summed E-state index contributed by atoms with van der Waals surface area (Å²) in [7, 11) is 0. The third kappa shape index (κ3) is 4.32. The molecule has 15 heavy (non-hydrogen) atoms. The van der Waals surface area contributed by atoms with Crippen molar-refractivity contribution in [2.75, 3.05) is 13.2 Å². The molecule has 0 radical (unpaired) electrons. The van der Waals surface area contributed by atoms with Crippen molar-refractivity contribution in [1.29, 1.82) is 0 Å². The molecule has 84 valence electrons. The Morgan fingerprint density at radius 1 is 1.33 bits per heavy atom. The zero-order valence-electron chi connectivity index (χ0n) is 9.15. The highest BCUT2D eigenvalue weighted by molar-refractivity contribution is 5.27. The van der Waals surface area contributed by atoms with Crippen LogP contribution in [0.25, 0.3) is 0 Å². The van der Waals surface area contributed by atoms with Crippen molar-refractivity contribution in [2.45, 2.75) is 25.9 Å². The first-order chi connectivity index (χ1) is 7.26. The van der Waals surface area contributed by atoms with Crippen molar-refractivity contribution in [1.82, 2.24) is 0 Å². The van der Waals surface area contributed by atoms with Crippen LogP contribution in [-0.2, 0) is 6.42 Å². The predicted molar refractivity (Wildman–Crippen MR) is 61.0 cm³/mol. The standard InChI is InChI=1S/C12H19NO2/c1-2-11(14)9-15-12-5-3-10(4-6-12)7-8-13/h3-6,11,14H,2,7-9,13H2,1H3. The Bertz CT molecular complexity index is 271. The van der Waals surface area contributed by atoms with Crippen molar-refractivity contribution in [3.8, 4) is 5.75 Å². The van der Waals surface area contributed by atoms with Crippen LogP contribution in [0.4, 0.5) is 0 Å². The first kappa shape index (κ1) is 12.0. The smallest absolute Gasteiger partial charge is 0.119 e. The lowest BCUT2D eigenvalue weighted by Gasteiger charge is -2.10. The van der Waals surface area contributed by atoms with Crippen molar-refractivity contribution in [2.24, 2.45) is 5.73 Å². The quantitative estimate of drug-likeness (QED) is 0.743. The molecule has 0 fully saturated rings. The van der Waals surface area contributed by atoms with E-state index in [2.05, 4.69) is 0 Å². The molecular weight excluding hydrogens is 190 g/mol. The topological polar surface area (TPSA) is 55.5 Å². The molecule has 3 nitrogen and oxygen atoms in total. The van der Waals surface area contributed by atoms with E-state index in [1.807, 2.05) is 31.2 Å². The molecule has 1 aromatic carbocycles. The summed E-state index contributed by atoms with van der Waals surface area (Å²) in [5.74, 6) is 0.795. The van der Waals surface area contributed by atoms with E-state index in [0.717, 1.165) is 12.2 Å². The van der Waals surface area contributed by atoms with Crippen molar-refractivity contribution < 1.29 is 9.84 Å². The highest BCUT2D eigenvalue weighted by Gasteiger charge is 2.01. The van der Waals surface area contributed by atoms with Gasteiger partial charge < -0.3 is 15.6 Å². The third-order valence-corrected chi connectivity index (χ3v) is 2.27. The monoisotopic (exact) mass is 209 g/mol. The third-order valence-electron chi connectivity index (χ3n) is 2.27. The molecule has 0 amide bonds. The second-order valence-corrected chi connectivity index (χ2v) is 3.56. The summed E-state index contributed by atoms with van der Waals surface area (Å²) >= 11 is 0. The molecule has 0 aromatic heterocycles.